The molecule has 0 unspecified atom stereocenters. The molecule has 1 aromatic heterocycles. The van der Waals surface area contributed by atoms with Gasteiger partial charge in [-0.25, -0.2) is 0 Å². The number of aromatic nitrogens is 1. The second-order valence-corrected chi connectivity index (χ2v) is 6.03. The SMILES string of the molecule is O[C@H](C1CCCCC1)[C@@H](c1ccccc1)c1ccccn1. The molecule has 2 aromatic rings. The van der Waals surface area contributed by atoms with Crippen LogP contribution >= 0.6 is 0 Å². The molecule has 2 atom stereocenters. The molecule has 2 nitrogen and oxygen atoms in total. The van der Waals surface area contributed by atoms with Gasteiger partial charge in [0.2, 0.25) is 0 Å². The van der Waals surface area contributed by atoms with Crippen LogP contribution in [0.15, 0.2) is 54.7 Å². The molecule has 0 spiro atoms. The van der Waals surface area contributed by atoms with Crippen LogP contribution in [0.1, 0.15) is 49.3 Å². The van der Waals surface area contributed by atoms with E-state index in [1.54, 1.807) is 0 Å². The molecule has 1 saturated carbocycles. The van der Waals surface area contributed by atoms with Crippen molar-refractivity contribution in [3.8, 4) is 0 Å². The van der Waals surface area contributed by atoms with Crippen molar-refractivity contribution in [1.29, 1.82) is 0 Å². The summed E-state index contributed by atoms with van der Waals surface area (Å²) >= 11 is 0. The molecule has 1 aromatic carbocycles. The summed E-state index contributed by atoms with van der Waals surface area (Å²) in [6.07, 6.45) is 7.54. The molecule has 0 amide bonds. The van der Waals surface area contributed by atoms with Crippen LogP contribution in [-0.2, 0) is 0 Å². The molecule has 1 fully saturated rings. The van der Waals surface area contributed by atoms with Crippen LogP contribution in [0, 0.1) is 5.92 Å². The van der Waals surface area contributed by atoms with Gasteiger partial charge < -0.3 is 5.11 Å². The first-order valence-corrected chi connectivity index (χ1v) is 8.00. The Labute approximate surface area is 126 Å². The van der Waals surface area contributed by atoms with Crippen molar-refractivity contribution in [3.05, 3.63) is 66.0 Å². The zero-order valence-electron chi connectivity index (χ0n) is 12.4. The van der Waals surface area contributed by atoms with E-state index in [4.69, 9.17) is 0 Å². The Hall–Kier alpha value is -1.67. The summed E-state index contributed by atoms with van der Waals surface area (Å²) in [5.74, 6) is 0.376. The predicted molar refractivity (Wildman–Crippen MR) is 85.1 cm³/mol. The van der Waals surface area contributed by atoms with E-state index in [1.165, 1.54) is 19.3 Å². The van der Waals surface area contributed by atoms with Gasteiger partial charge in [0, 0.05) is 6.20 Å². The molecule has 1 aliphatic rings. The summed E-state index contributed by atoms with van der Waals surface area (Å²) in [5.41, 5.74) is 2.14. The Morgan fingerprint density at radius 2 is 1.62 bits per heavy atom. The monoisotopic (exact) mass is 281 g/mol. The second-order valence-electron chi connectivity index (χ2n) is 6.03. The van der Waals surface area contributed by atoms with E-state index in [0.29, 0.717) is 5.92 Å². The van der Waals surface area contributed by atoms with Crippen molar-refractivity contribution < 1.29 is 5.11 Å². The lowest BCUT2D eigenvalue weighted by atomic mass is 9.77. The summed E-state index contributed by atoms with van der Waals surface area (Å²) in [4.78, 5) is 4.51. The van der Waals surface area contributed by atoms with E-state index < -0.39 is 0 Å². The predicted octanol–water partition coefficient (Wildman–Crippen LogP) is 4.15. The van der Waals surface area contributed by atoms with E-state index in [2.05, 4.69) is 17.1 Å². The summed E-state index contributed by atoms with van der Waals surface area (Å²) in [6.45, 7) is 0. The Balaban J connectivity index is 1.92. The van der Waals surface area contributed by atoms with Crippen LogP contribution < -0.4 is 0 Å². The van der Waals surface area contributed by atoms with E-state index in [1.807, 2.05) is 42.6 Å². The van der Waals surface area contributed by atoms with Gasteiger partial charge in [-0.1, -0.05) is 55.7 Å². The molecule has 0 radical (unpaired) electrons. The zero-order valence-corrected chi connectivity index (χ0v) is 12.4. The highest BCUT2D eigenvalue weighted by Gasteiger charge is 2.31. The Kier molecular flexibility index (Phi) is 4.66. The molecule has 3 rings (SSSR count). The van der Waals surface area contributed by atoms with E-state index in [0.717, 1.165) is 24.1 Å². The van der Waals surface area contributed by atoms with Crippen LogP contribution in [0.5, 0.6) is 0 Å². The van der Waals surface area contributed by atoms with Crippen LogP contribution in [0.3, 0.4) is 0 Å². The fourth-order valence-electron chi connectivity index (χ4n) is 3.51. The van der Waals surface area contributed by atoms with Crippen LogP contribution in [0.2, 0.25) is 0 Å². The van der Waals surface area contributed by atoms with Gasteiger partial charge in [-0.15, -0.1) is 0 Å². The quantitative estimate of drug-likeness (QED) is 0.913. The second kappa shape index (κ2) is 6.86. The van der Waals surface area contributed by atoms with Crippen molar-refractivity contribution >= 4 is 0 Å². The third kappa shape index (κ3) is 3.33. The van der Waals surface area contributed by atoms with Gasteiger partial charge in [0.25, 0.3) is 0 Å². The Bertz CT molecular complexity index is 495. The number of benzene rings is 1. The van der Waals surface area contributed by atoms with Crippen molar-refractivity contribution in [3.63, 3.8) is 0 Å². The molecule has 1 N–H and O–H groups in total. The normalized spacial score (nSPS) is 19.1. The largest absolute Gasteiger partial charge is 0.392 e. The highest BCUT2D eigenvalue weighted by Crippen LogP contribution is 2.36. The smallest absolute Gasteiger partial charge is 0.0692 e. The number of aliphatic hydroxyl groups excluding tert-OH is 1. The topological polar surface area (TPSA) is 33.1 Å². The molecule has 2 heteroatoms. The van der Waals surface area contributed by atoms with Crippen LogP contribution in [-0.4, -0.2) is 16.2 Å². The van der Waals surface area contributed by atoms with Crippen LogP contribution in [0.4, 0.5) is 0 Å². The third-order valence-corrected chi connectivity index (χ3v) is 4.64. The summed E-state index contributed by atoms with van der Waals surface area (Å²) in [7, 11) is 0. The van der Waals surface area contributed by atoms with E-state index in [9.17, 15) is 5.11 Å². The van der Waals surface area contributed by atoms with Gasteiger partial charge in [0.05, 0.1) is 17.7 Å². The maximum Gasteiger partial charge on any atom is 0.0692 e. The van der Waals surface area contributed by atoms with Gasteiger partial charge in [-0.05, 0) is 36.5 Å². The average Bonchev–Trinajstić information content (AvgIpc) is 2.58. The summed E-state index contributed by atoms with van der Waals surface area (Å²) in [6, 6.07) is 16.3. The summed E-state index contributed by atoms with van der Waals surface area (Å²) < 4.78 is 0. The van der Waals surface area contributed by atoms with Crippen molar-refractivity contribution in [1.82, 2.24) is 4.98 Å². The number of aliphatic hydroxyl groups is 1. The average molecular weight is 281 g/mol. The molecule has 0 bridgehead atoms. The first kappa shape index (κ1) is 14.3. The zero-order chi connectivity index (χ0) is 14.5. The maximum absolute atomic E-state index is 11.0. The highest BCUT2D eigenvalue weighted by atomic mass is 16.3. The van der Waals surface area contributed by atoms with Crippen molar-refractivity contribution in [2.45, 2.75) is 44.1 Å². The molecule has 21 heavy (non-hydrogen) atoms. The van der Waals surface area contributed by atoms with Crippen LogP contribution in [0.25, 0.3) is 0 Å². The minimum Gasteiger partial charge on any atom is -0.392 e. The number of rotatable bonds is 4. The molecule has 0 aliphatic heterocycles. The molecule has 1 aliphatic carbocycles. The molecular weight excluding hydrogens is 258 g/mol. The molecule has 110 valence electrons. The van der Waals surface area contributed by atoms with E-state index in [-0.39, 0.29) is 12.0 Å². The minimum atomic E-state index is -0.345. The first-order chi connectivity index (χ1) is 10.4. The lowest BCUT2D eigenvalue weighted by Crippen LogP contribution is -2.30. The van der Waals surface area contributed by atoms with Crippen molar-refractivity contribution in [2.75, 3.05) is 0 Å². The minimum absolute atomic E-state index is 0.0181. The molecular formula is C19H23NO. The number of hydrogen-bond acceptors (Lipinski definition) is 2. The lowest BCUT2D eigenvalue weighted by molar-refractivity contribution is 0.0696. The maximum atomic E-state index is 11.0. The van der Waals surface area contributed by atoms with Crippen molar-refractivity contribution in [2.24, 2.45) is 5.92 Å². The molecule has 0 saturated heterocycles. The third-order valence-electron chi connectivity index (χ3n) is 4.64. The van der Waals surface area contributed by atoms with E-state index >= 15 is 0 Å². The molecule has 1 heterocycles. The highest BCUT2D eigenvalue weighted by molar-refractivity contribution is 5.30. The fourth-order valence-corrected chi connectivity index (χ4v) is 3.51. The van der Waals surface area contributed by atoms with Gasteiger partial charge in [0.15, 0.2) is 0 Å². The standard InChI is InChI=1S/C19H23NO/c21-19(16-11-5-2-6-12-16)18(15-9-3-1-4-10-15)17-13-7-8-14-20-17/h1,3-4,7-10,13-14,16,18-19,21H,2,5-6,11-12H2/t18-,19+/m0/s1. The first-order valence-electron chi connectivity index (χ1n) is 8.00. The van der Waals surface area contributed by atoms with Gasteiger partial charge in [-0.2, -0.15) is 0 Å². The number of pyridine rings is 1. The number of hydrogen-bond donors (Lipinski definition) is 1. The Morgan fingerprint density at radius 3 is 2.29 bits per heavy atom. The fraction of sp³-hybridized carbons (Fsp3) is 0.421. The van der Waals surface area contributed by atoms with Gasteiger partial charge >= 0.3 is 0 Å². The van der Waals surface area contributed by atoms with Gasteiger partial charge in [-0.3, -0.25) is 4.98 Å². The van der Waals surface area contributed by atoms with Gasteiger partial charge in [0.1, 0.15) is 0 Å². The lowest BCUT2D eigenvalue weighted by Gasteiger charge is -2.32. The summed E-state index contributed by atoms with van der Waals surface area (Å²) in [5, 5.41) is 11.0. The number of nitrogens with zero attached hydrogens (tertiary/aromatic N) is 1. The Morgan fingerprint density at radius 1 is 0.905 bits per heavy atom.